The second kappa shape index (κ2) is 6.07. The number of aromatic nitrogens is 4. The molecule has 1 amide bonds. The van der Waals surface area contributed by atoms with Crippen LogP contribution in [0.15, 0.2) is 6.20 Å². The largest absolute Gasteiger partial charge is 0.354 e. The first-order chi connectivity index (χ1) is 12.4. The first-order valence-corrected chi connectivity index (χ1v) is 9.33. The van der Waals surface area contributed by atoms with Gasteiger partial charge in [0.15, 0.2) is 5.69 Å². The number of nitrogens with one attached hydrogen (secondary N) is 2. The molecule has 7 nitrogen and oxygen atoms in total. The number of nitrogens with zero attached hydrogens (tertiary/aromatic N) is 4. The second-order valence-corrected chi connectivity index (χ2v) is 8.03. The van der Waals surface area contributed by atoms with Crippen LogP contribution in [0.5, 0.6) is 0 Å². The van der Waals surface area contributed by atoms with Gasteiger partial charge in [-0.15, -0.1) is 0 Å². The molecule has 2 aliphatic rings. The van der Waals surface area contributed by atoms with Crippen LogP contribution in [0, 0.1) is 0 Å². The quantitative estimate of drug-likeness (QED) is 0.884. The summed E-state index contributed by atoms with van der Waals surface area (Å²) in [6.45, 7) is 4.29. The van der Waals surface area contributed by atoms with Crippen molar-refractivity contribution in [2.75, 3.05) is 12.4 Å². The second-order valence-electron chi connectivity index (χ2n) is 8.03. The maximum absolute atomic E-state index is 12.4. The fourth-order valence-corrected chi connectivity index (χ4v) is 4.34. The summed E-state index contributed by atoms with van der Waals surface area (Å²) in [4.78, 5) is 21.7. The number of aryl methyl sites for hydroxylation is 1. The summed E-state index contributed by atoms with van der Waals surface area (Å²) < 4.78 is 1.78. The highest BCUT2D eigenvalue weighted by molar-refractivity contribution is 5.96. The van der Waals surface area contributed by atoms with Gasteiger partial charge in [-0.25, -0.2) is 9.97 Å². The molecule has 138 valence electrons. The number of carbonyl (C=O) groups excluding carboxylic acids is 1. The first kappa shape index (κ1) is 17.0. The van der Waals surface area contributed by atoms with Gasteiger partial charge in [-0.3, -0.25) is 9.48 Å². The molecule has 26 heavy (non-hydrogen) atoms. The average Bonchev–Trinajstić information content (AvgIpc) is 3.23. The van der Waals surface area contributed by atoms with Crippen molar-refractivity contribution >= 4 is 11.9 Å². The summed E-state index contributed by atoms with van der Waals surface area (Å²) >= 11 is 0. The van der Waals surface area contributed by atoms with Crippen LogP contribution in [0.4, 0.5) is 5.95 Å². The molecule has 2 aromatic rings. The molecular formula is C19H26N6O. The fraction of sp³-hybridized carbons (Fsp3) is 0.579. The summed E-state index contributed by atoms with van der Waals surface area (Å²) in [6.07, 6.45) is 7.58. The van der Waals surface area contributed by atoms with E-state index in [-0.39, 0.29) is 11.3 Å². The molecule has 2 N–H and O–H groups in total. The third-order valence-electron chi connectivity index (χ3n) is 5.58. The number of anilines is 1. The van der Waals surface area contributed by atoms with Crippen LogP contribution in [0.25, 0.3) is 11.4 Å². The van der Waals surface area contributed by atoms with Crippen molar-refractivity contribution in [3.8, 4) is 11.4 Å². The van der Waals surface area contributed by atoms with E-state index in [2.05, 4.69) is 34.6 Å². The minimum atomic E-state index is -0.206. The van der Waals surface area contributed by atoms with E-state index < -0.39 is 0 Å². The number of amides is 1. The van der Waals surface area contributed by atoms with Crippen molar-refractivity contribution in [3.63, 3.8) is 0 Å². The summed E-state index contributed by atoms with van der Waals surface area (Å²) in [7, 11) is 3.52. The zero-order chi connectivity index (χ0) is 18.5. The summed E-state index contributed by atoms with van der Waals surface area (Å²) in [6, 6.07) is 0.459. The highest BCUT2D eigenvalue weighted by atomic mass is 16.1. The number of hydrogen-bond acceptors (Lipinski definition) is 5. The van der Waals surface area contributed by atoms with Gasteiger partial charge in [0.25, 0.3) is 5.91 Å². The molecule has 1 saturated carbocycles. The molecule has 2 aromatic heterocycles. The number of rotatable bonds is 3. The summed E-state index contributed by atoms with van der Waals surface area (Å²) in [5.41, 5.74) is 4.17. The smallest absolute Gasteiger partial charge is 0.271 e. The van der Waals surface area contributed by atoms with Crippen molar-refractivity contribution in [2.24, 2.45) is 7.05 Å². The molecule has 1 fully saturated rings. The Labute approximate surface area is 153 Å². The molecule has 0 bridgehead atoms. The van der Waals surface area contributed by atoms with Gasteiger partial charge in [-0.2, -0.15) is 5.10 Å². The van der Waals surface area contributed by atoms with Crippen molar-refractivity contribution in [1.29, 1.82) is 0 Å². The number of fused-ring (bicyclic) bond motifs is 3. The van der Waals surface area contributed by atoms with Gasteiger partial charge >= 0.3 is 0 Å². The van der Waals surface area contributed by atoms with Gasteiger partial charge in [-0.1, -0.05) is 26.7 Å². The highest BCUT2D eigenvalue weighted by Gasteiger charge is 2.39. The predicted molar refractivity (Wildman–Crippen MR) is 100 cm³/mol. The van der Waals surface area contributed by atoms with Gasteiger partial charge in [0.2, 0.25) is 5.95 Å². The minimum absolute atomic E-state index is 0.156. The predicted octanol–water partition coefficient (Wildman–Crippen LogP) is 2.42. The van der Waals surface area contributed by atoms with Crippen LogP contribution in [0.1, 0.15) is 61.1 Å². The molecule has 4 rings (SSSR count). The molecule has 2 heterocycles. The zero-order valence-electron chi connectivity index (χ0n) is 15.9. The number of hydrogen-bond donors (Lipinski definition) is 2. The zero-order valence-corrected chi connectivity index (χ0v) is 15.9. The van der Waals surface area contributed by atoms with Gasteiger partial charge in [0, 0.05) is 31.9 Å². The summed E-state index contributed by atoms with van der Waals surface area (Å²) in [5, 5.41) is 10.7. The normalized spacial score (nSPS) is 18.3. The van der Waals surface area contributed by atoms with Gasteiger partial charge in [0.05, 0.1) is 11.4 Å². The van der Waals surface area contributed by atoms with E-state index in [1.54, 1.807) is 11.7 Å². The van der Waals surface area contributed by atoms with E-state index in [0.29, 0.717) is 17.7 Å². The van der Waals surface area contributed by atoms with E-state index in [1.165, 1.54) is 25.7 Å². The Morgan fingerprint density at radius 1 is 1.31 bits per heavy atom. The SMILES string of the molecule is CNC(=O)c1nn(C)c2c1C(C)(C)Cc1cnc(NC3CCCC3)nc1-2. The molecule has 0 atom stereocenters. The van der Waals surface area contributed by atoms with Gasteiger partial charge < -0.3 is 10.6 Å². The third-order valence-corrected chi connectivity index (χ3v) is 5.58. The number of carbonyl (C=O) groups is 1. The van der Waals surface area contributed by atoms with E-state index in [4.69, 9.17) is 4.98 Å². The lowest BCUT2D eigenvalue weighted by molar-refractivity contribution is 0.0955. The van der Waals surface area contributed by atoms with Crippen molar-refractivity contribution < 1.29 is 4.79 Å². The molecule has 2 aliphatic carbocycles. The first-order valence-electron chi connectivity index (χ1n) is 9.33. The Morgan fingerprint density at radius 3 is 2.73 bits per heavy atom. The van der Waals surface area contributed by atoms with E-state index in [1.807, 2.05) is 13.2 Å². The molecule has 0 radical (unpaired) electrons. The standard InChI is InChI=1S/C19H26N6O/c1-19(2)9-11-10-21-18(22-12-7-5-6-8-12)23-14(11)16-13(19)15(17(26)20-3)24-25(16)4/h10,12H,5-9H2,1-4H3,(H,20,26)(H,21,22,23). The van der Waals surface area contributed by atoms with Crippen molar-refractivity contribution in [3.05, 3.63) is 23.0 Å². The Hall–Kier alpha value is -2.44. The Morgan fingerprint density at radius 2 is 2.04 bits per heavy atom. The van der Waals surface area contributed by atoms with Crippen molar-refractivity contribution in [1.82, 2.24) is 25.1 Å². The lowest BCUT2D eigenvalue weighted by Crippen LogP contribution is -2.30. The lowest BCUT2D eigenvalue weighted by atomic mass is 9.73. The monoisotopic (exact) mass is 354 g/mol. The Bertz CT molecular complexity index is 863. The van der Waals surface area contributed by atoms with Crippen LogP contribution in [-0.4, -0.2) is 38.7 Å². The summed E-state index contributed by atoms with van der Waals surface area (Å²) in [5.74, 6) is 0.515. The van der Waals surface area contributed by atoms with Crippen LogP contribution < -0.4 is 10.6 Å². The van der Waals surface area contributed by atoms with Crippen molar-refractivity contribution in [2.45, 2.75) is 57.4 Å². The van der Waals surface area contributed by atoms with E-state index in [9.17, 15) is 4.79 Å². The molecule has 0 unspecified atom stereocenters. The lowest BCUT2D eigenvalue weighted by Gasteiger charge is -2.31. The molecule has 7 heteroatoms. The van der Waals surface area contributed by atoms with Crippen LogP contribution in [0.3, 0.4) is 0 Å². The molecule has 0 saturated heterocycles. The van der Waals surface area contributed by atoms with Crippen LogP contribution in [0.2, 0.25) is 0 Å². The highest BCUT2D eigenvalue weighted by Crippen LogP contribution is 2.43. The third kappa shape index (κ3) is 2.66. The van der Waals surface area contributed by atoms with Gasteiger partial charge in [-0.05, 0) is 30.2 Å². The minimum Gasteiger partial charge on any atom is -0.354 e. The van der Waals surface area contributed by atoms with E-state index in [0.717, 1.165) is 28.9 Å². The molecule has 0 aliphatic heterocycles. The molecule has 0 spiro atoms. The van der Waals surface area contributed by atoms with Crippen LogP contribution >= 0.6 is 0 Å². The maximum Gasteiger partial charge on any atom is 0.271 e. The Kier molecular flexibility index (Phi) is 3.97. The topological polar surface area (TPSA) is 84.7 Å². The maximum atomic E-state index is 12.4. The molecule has 0 aromatic carbocycles. The average molecular weight is 354 g/mol. The Balaban J connectivity index is 1.82. The van der Waals surface area contributed by atoms with Crippen LogP contribution in [-0.2, 0) is 18.9 Å². The van der Waals surface area contributed by atoms with Gasteiger partial charge in [0.1, 0.15) is 0 Å². The van der Waals surface area contributed by atoms with E-state index >= 15 is 0 Å². The molecular weight excluding hydrogens is 328 g/mol. The fourth-order valence-electron chi connectivity index (χ4n) is 4.34.